The van der Waals surface area contributed by atoms with Crippen LogP contribution in [0.1, 0.15) is 12.5 Å². The number of hydrogen-bond acceptors (Lipinski definition) is 6. The number of aromatic nitrogens is 2. The van der Waals surface area contributed by atoms with E-state index < -0.39 is 0 Å². The van der Waals surface area contributed by atoms with Crippen LogP contribution in [-0.4, -0.2) is 30.7 Å². The van der Waals surface area contributed by atoms with E-state index in [2.05, 4.69) is 9.97 Å². The lowest BCUT2D eigenvalue weighted by atomic mass is 10.2. The molecule has 0 aliphatic heterocycles. The average molecular weight is 288 g/mol. The van der Waals surface area contributed by atoms with Gasteiger partial charge >= 0.3 is 0 Å². The summed E-state index contributed by atoms with van der Waals surface area (Å²) in [6.07, 6.45) is 1.66. The second kappa shape index (κ2) is 6.90. The lowest BCUT2D eigenvalue weighted by Crippen LogP contribution is -2.12. The van der Waals surface area contributed by atoms with Gasteiger partial charge in [-0.2, -0.15) is 4.98 Å². The molecule has 112 valence electrons. The average Bonchev–Trinajstić information content (AvgIpc) is 2.49. The van der Waals surface area contributed by atoms with E-state index in [1.807, 2.05) is 44.1 Å². The molecule has 0 bridgehead atoms. The summed E-state index contributed by atoms with van der Waals surface area (Å²) in [6.45, 7) is 2.93. The van der Waals surface area contributed by atoms with Gasteiger partial charge in [0, 0.05) is 32.9 Å². The number of ether oxygens (including phenoxy) is 2. The Labute approximate surface area is 124 Å². The van der Waals surface area contributed by atoms with Crippen molar-refractivity contribution < 1.29 is 9.47 Å². The molecular formula is C15H20N4O2. The number of nitrogens with two attached hydrogens (primary N) is 1. The fourth-order valence-corrected chi connectivity index (χ4v) is 1.75. The van der Waals surface area contributed by atoms with Gasteiger partial charge in [-0.1, -0.05) is 6.07 Å². The highest BCUT2D eigenvalue weighted by Gasteiger charge is 2.09. The van der Waals surface area contributed by atoms with Crippen LogP contribution in [0, 0.1) is 0 Å². The van der Waals surface area contributed by atoms with Crippen LogP contribution in [0.3, 0.4) is 0 Å². The van der Waals surface area contributed by atoms with Crippen molar-refractivity contribution in [2.45, 2.75) is 13.5 Å². The first kappa shape index (κ1) is 15.1. The van der Waals surface area contributed by atoms with Gasteiger partial charge in [-0.3, -0.25) is 0 Å². The maximum atomic E-state index is 5.81. The van der Waals surface area contributed by atoms with E-state index in [4.69, 9.17) is 15.2 Å². The SMILES string of the molecule is CCOc1cc(CN)ccc1Oc1ccnc(N(C)C)n1. The Kier molecular flexibility index (Phi) is 4.94. The van der Waals surface area contributed by atoms with Crippen LogP contribution in [0.4, 0.5) is 5.95 Å². The molecule has 6 nitrogen and oxygen atoms in total. The molecule has 2 N–H and O–H groups in total. The van der Waals surface area contributed by atoms with Gasteiger partial charge in [0.05, 0.1) is 6.61 Å². The predicted molar refractivity (Wildman–Crippen MR) is 81.9 cm³/mol. The first-order valence-electron chi connectivity index (χ1n) is 6.78. The number of nitrogens with zero attached hydrogens (tertiary/aromatic N) is 3. The zero-order valence-corrected chi connectivity index (χ0v) is 12.5. The van der Waals surface area contributed by atoms with Crippen molar-refractivity contribution in [3.05, 3.63) is 36.0 Å². The van der Waals surface area contributed by atoms with Crippen LogP contribution in [-0.2, 0) is 6.54 Å². The molecule has 1 heterocycles. The zero-order valence-electron chi connectivity index (χ0n) is 12.5. The molecule has 0 unspecified atom stereocenters. The van der Waals surface area contributed by atoms with E-state index in [0.29, 0.717) is 36.5 Å². The van der Waals surface area contributed by atoms with Crippen LogP contribution in [0.25, 0.3) is 0 Å². The Balaban J connectivity index is 2.28. The molecule has 6 heteroatoms. The van der Waals surface area contributed by atoms with Crippen LogP contribution >= 0.6 is 0 Å². The van der Waals surface area contributed by atoms with E-state index in [1.54, 1.807) is 12.3 Å². The highest BCUT2D eigenvalue weighted by molar-refractivity contribution is 5.45. The van der Waals surface area contributed by atoms with Crippen LogP contribution in [0.15, 0.2) is 30.5 Å². The van der Waals surface area contributed by atoms with Crippen LogP contribution in [0.2, 0.25) is 0 Å². The van der Waals surface area contributed by atoms with Gasteiger partial charge in [0.15, 0.2) is 11.5 Å². The van der Waals surface area contributed by atoms with E-state index in [9.17, 15) is 0 Å². The molecular weight excluding hydrogens is 268 g/mol. The molecule has 0 spiro atoms. The van der Waals surface area contributed by atoms with Gasteiger partial charge in [0.25, 0.3) is 0 Å². The molecule has 2 rings (SSSR count). The minimum atomic E-state index is 0.457. The summed E-state index contributed by atoms with van der Waals surface area (Å²) in [7, 11) is 3.75. The van der Waals surface area contributed by atoms with E-state index in [0.717, 1.165) is 5.56 Å². The van der Waals surface area contributed by atoms with Crippen molar-refractivity contribution >= 4 is 5.95 Å². The summed E-state index contributed by atoms with van der Waals surface area (Å²) in [6, 6.07) is 7.34. The smallest absolute Gasteiger partial charge is 0.228 e. The zero-order chi connectivity index (χ0) is 15.2. The third-order valence-electron chi connectivity index (χ3n) is 2.78. The quantitative estimate of drug-likeness (QED) is 0.878. The Morgan fingerprint density at radius 1 is 1.19 bits per heavy atom. The second-order valence-electron chi connectivity index (χ2n) is 4.61. The fraction of sp³-hybridized carbons (Fsp3) is 0.333. The summed E-state index contributed by atoms with van der Waals surface area (Å²) in [5.74, 6) is 2.32. The molecule has 0 fully saturated rings. The number of hydrogen-bond donors (Lipinski definition) is 1. The van der Waals surface area contributed by atoms with Crippen LogP contribution in [0.5, 0.6) is 17.4 Å². The molecule has 0 saturated heterocycles. The predicted octanol–water partition coefficient (Wildman–Crippen LogP) is 2.19. The summed E-state index contributed by atoms with van der Waals surface area (Å²) in [5, 5.41) is 0. The summed E-state index contributed by atoms with van der Waals surface area (Å²) < 4.78 is 11.4. The molecule has 0 radical (unpaired) electrons. The standard InChI is InChI=1S/C15H20N4O2/c1-4-20-13-9-11(10-16)5-6-12(13)21-14-7-8-17-15(18-14)19(2)3/h5-9H,4,10,16H2,1-3H3. The number of benzene rings is 1. The van der Waals surface area contributed by atoms with Crippen molar-refractivity contribution in [1.82, 2.24) is 9.97 Å². The van der Waals surface area contributed by atoms with Gasteiger partial charge < -0.3 is 20.1 Å². The molecule has 2 aromatic rings. The Morgan fingerprint density at radius 3 is 2.67 bits per heavy atom. The molecule has 0 atom stereocenters. The molecule has 0 saturated carbocycles. The third kappa shape index (κ3) is 3.82. The first-order chi connectivity index (χ1) is 10.1. The van der Waals surface area contributed by atoms with E-state index in [1.165, 1.54) is 0 Å². The van der Waals surface area contributed by atoms with E-state index in [-0.39, 0.29) is 0 Å². The molecule has 0 aliphatic rings. The number of anilines is 1. The summed E-state index contributed by atoms with van der Waals surface area (Å²) >= 11 is 0. The monoisotopic (exact) mass is 288 g/mol. The van der Waals surface area contributed by atoms with Gasteiger partial charge in [-0.05, 0) is 24.6 Å². The molecule has 1 aromatic heterocycles. The lowest BCUT2D eigenvalue weighted by Gasteiger charge is -2.14. The van der Waals surface area contributed by atoms with Crippen molar-refractivity contribution in [3.8, 4) is 17.4 Å². The fourth-order valence-electron chi connectivity index (χ4n) is 1.75. The van der Waals surface area contributed by atoms with Crippen molar-refractivity contribution in [2.75, 3.05) is 25.6 Å². The second-order valence-corrected chi connectivity index (χ2v) is 4.61. The van der Waals surface area contributed by atoms with Crippen molar-refractivity contribution in [3.63, 3.8) is 0 Å². The summed E-state index contributed by atoms with van der Waals surface area (Å²) in [4.78, 5) is 10.3. The van der Waals surface area contributed by atoms with Gasteiger partial charge in [0.1, 0.15) is 0 Å². The molecule has 1 aromatic carbocycles. The Bertz CT molecular complexity index is 602. The minimum Gasteiger partial charge on any atom is -0.490 e. The maximum absolute atomic E-state index is 5.81. The maximum Gasteiger partial charge on any atom is 0.228 e. The third-order valence-corrected chi connectivity index (χ3v) is 2.78. The van der Waals surface area contributed by atoms with Crippen molar-refractivity contribution in [1.29, 1.82) is 0 Å². The Hall–Kier alpha value is -2.34. The minimum absolute atomic E-state index is 0.457. The Morgan fingerprint density at radius 2 is 2.00 bits per heavy atom. The highest BCUT2D eigenvalue weighted by atomic mass is 16.5. The van der Waals surface area contributed by atoms with Gasteiger partial charge in [-0.15, -0.1) is 0 Å². The first-order valence-corrected chi connectivity index (χ1v) is 6.78. The van der Waals surface area contributed by atoms with Crippen molar-refractivity contribution in [2.24, 2.45) is 5.73 Å². The highest BCUT2D eigenvalue weighted by Crippen LogP contribution is 2.32. The van der Waals surface area contributed by atoms with Crippen LogP contribution < -0.4 is 20.1 Å². The normalized spacial score (nSPS) is 10.3. The molecule has 21 heavy (non-hydrogen) atoms. The molecule has 0 amide bonds. The molecule has 0 aliphatic carbocycles. The van der Waals surface area contributed by atoms with Gasteiger partial charge in [0.2, 0.25) is 11.8 Å². The van der Waals surface area contributed by atoms with Gasteiger partial charge in [-0.25, -0.2) is 4.98 Å². The number of rotatable bonds is 6. The topological polar surface area (TPSA) is 73.5 Å². The lowest BCUT2D eigenvalue weighted by molar-refractivity contribution is 0.319. The summed E-state index contributed by atoms with van der Waals surface area (Å²) in [5.41, 5.74) is 6.64. The largest absolute Gasteiger partial charge is 0.490 e. The van der Waals surface area contributed by atoms with E-state index >= 15 is 0 Å².